The average molecular weight is 309 g/mol. The number of hydrogen-bond donors (Lipinski definition) is 0. The molecule has 0 bridgehead atoms. The summed E-state index contributed by atoms with van der Waals surface area (Å²) >= 11 is 12.6. The maximum atomic E-state index is 8.56. The summed E-state index contributed by atoms with van der Waals surface area (Å²) in [5.41, 5.74) is 1.50. The van der Waals surface area contributed by atoms with Crippen LogP contribution in [0.5, 0.6) is 0 Å². The first-order valence-corrected chi connectivity index (χ1v) is 5.34. The summed E-state index contributed by atoms with van der Waals surface area (Å²) in [5.74, 6) is 0. The van der Waals surface area contributed by atoms with Gasteiger partial charge in [-0.1, -0.05) is 49.5 Å². The van der Waals surface area contributed by atoms with E-state index in [1.54, 1.807) is 12.1 Å². The zero-order valence-electron chi connectivity index (χ0n) is 5.89. The Morgan fingerprint density at radius 2 is 2.08 bits per heavy atom. The molecule has 0 aliphatic heterocycles. The monoisotopic (exact) mass is 307 g/mol. The predicted octanol–water partition coefficient (Wildman–Crippen LogP) is 4.00. The highest BCUT2D eigenvalue weighted by atomic mass is 79.9. The lowest BCUT2D eigenvalue weighted by molar-refractivity contribution is 1.40. The Morgan fingerprint density at radius 3 is 2.50 bits per heavy atom. The van der Waals surface area contributed by atoms with Crippen LogP contribution in [0, 0.1) is 11.3 Å². The standard InChI is InChI=1S/C8H4Br2ClN/c9-8(10)6-2-1-5(4-12)3-7(6)11/h1-3,8H. The van der Waals surface area contributed by atoms with Crippen molar-refractivity contribution in [3.05, 3.63) is 34.3 Å². The van der Waals surface area contributed by atoms with Crippen LogP contribution in [0.25, 0.3) is 0 Å². The van der Waals surface area contributed by atoms with Crippen molar-refractivity contribution in [1.82, 2.24) is 0 Å². The molecule has 1 aromatic carbocycles. The molecule has 62 valence electrons. The minimum absolute atomic E-state index is 0.0326. The van der Waals surface area contributed by atoms with Crippen LogP contribution in [0.3, 0.4) is 0 Å². The van der Waals surface area contributed by atoms with Gasteiger partial charge in [0.15, 0.2) is 0 Å². The molecule has 0 amide bonds. The van der Waals surface area contributed by atoms with Gasteiger partial charge in [0.2, 0.25) is 0 Å². The van der Waals surface area contributed by atoms with E-state index in [-0.39, 0.29) is 3.74 Å². The van der Waals surface area contributed by atoms with Gasteiger partial charge in [0, 0.05) is 5.02 Å². The van der Waals surface area contributed by atoms with E-state index in [9.17, 15) is 0 Å². The Balaban J connectivity index is 3.14. The molecule has 0 heterocycles. The van der Waals surface area contributed by atoms with Crippen LogP contribution in [0.4, 0.5) is 0 Å². The van der Waals surface area contributed by atoms with Gasteiger partial charge in [-0.3, -0.25) is 0 Å². The van der Waals surface area contributed by atoms with Crippen LogP contribution in [-0.4, -0.2) is 0 Å². The first-order chi connectivity index (χ1) is 5.65. The summed E-state index contributed by atoms with van der Waals surface area (Å²) in [6.07, 6.45) is 0. The summed E-state index contributed by atoms with van der Waals surface area (Å²) in [5, 5.41) is 9.15. The number of alkyl halides is 2. The van der Waals surface area contributed by atoms with Crippen LogP contribution >= 0.6 is 43.5 Å². The Morgan fingerprint density at radius 1 is 1.42 bits per heavy atom. The third kappa shape index (κ3) is 2.22. The molecular formula is C8H4Br2ClN. The van der Waals surface area contributed by atoms with E-state index in [4.69, 9.17) is 16.9 Å². The van der Waals surface area contributed by atoms with E-state index in [2.05, 4.69) is 31.9 Å². The minimum Gasteiger partial charge on any atom is -0.192 e. The van der Waals surface area contributed by atoms with E-state index < -0.39 is 0 Å². The van der Waals surface area contributed by atoms with Gasteiger partial charge in [-0.25, -0.2) is 0 Å². The smallest absolute Gasteiger partial charge is 0.0992 e. The van der Waals surface area contributed by atoms with Crippen molar-refractivity contribution < 1.29 is 0 Å². The number of hydrogen-bond acceptors (Lipinski definition) is 1. The predicted molar refractivity (Wildman–Crippen MR) is 56.8 cm³/mol. The van der Waals surface area contributed by atoms with Gasteiger partial charge in [-0.15, -0.1) is 0 Å². The SMILES string of the molecule is N#Cc1ccc(C(Br)Br)c(Cl)c1. The van der Waals surface area contributed by atoms with E-state index in [1.165, 1.54) is 0 Å². The third-order valence-corrected chi connectivity index (χ3v) is 2.68. The van der Waals surface area contributed by atoms with Gasteiger partial charge in [-0.05, 0) is 17.7 Å². The highest BCUT2D eigenvalue weighted by molar-refractivity contribution is 9.24. The number of nitrogens with zero attached hydrogens (tertiary/aromatic N) is 1. The Hall–Kier alpha value is -0.0400. The molecule has 0 saturated heterocycles. The molecule has 0 aromatic heterocycles. The number of halogens is 3. The molecule has 12 heavy (non-hydrogen) atoms. The lowest BCUT2D eigenvalue weighted by Crippen LogP contribution is -1.83. The third-order valence-electron chi connectivity index (χ3n) is 1.36. The fourth-order valence-electron chi connectivity index (χ4n) is 0.774. The van der Waals surface area contributed by atoms with E-state index in [0.29, 0.717) is 10.6 Å². The molecule has 4 heteroatoms. The summed E-state index contributed by atoms with van der Waals surface area (Å²) < 4.78 is 0.0326. The lowest BCUT2D eigenvalue weighted by atomic mass is 10.2. The quantitative estimate of drug-likeness (QED) is 0.719. The largest absolute Gasteiger partial charge is 0.192 e. The van der Waals surface area contributed by atoms with Gasteiger partial charge in [0.25, 0.3) is 0 Å². The minimum atomic E-state index is 0.0326. The highest BCUT2D eigenvalue weighted by Crippen LogP contribution is 2.34. The summed E-state index contributed by atoms with van der Waals surface area (Å²) in [6, 6.07) is 7.21. The van der Waals surface area contributed by atoms with Crippen molar-refractivity contribution in [3.63, 3.8) is 0 Å². The summed E-state index contributed by atoms with van der Waals surface area (Å²) in [7, 11) is 0. The first kappa shape index (κ1) is 10.0. The molecule has 0 atom stereocenters. The average Bonchev–Trinajstić information content (AvgIpc) is 2.03. The zero-order chi connectivity index (χ0) is 9.14. The molecule has 0 fully saturated rings. The molecule has 1 aromatic rings. The second-order valence-electron chi connectivity index (χ2n) is 2.15. The van der Waals surface area contributed by atoms with Crippen molar-refractivity contribution in [3.8, 4) is 6.07 Å². The lowest BCUT2D eigenvalue weighted by Gasteiger charge is -2.04. The van der Waals surface area contributed by atoms with Crippen molar-refractivity contribution in [1.29, 1.82) is 5.26 Å². The number of rotatable bonds is 1. The zero-order valence-corrected chi connectivity index (χ0v) is 9.82. The van der Waals surface area contributed by atoms with Crippen molar-refractivity contribution >= 4 is 43.5 Å². The molecule has 0 N–H and O–H groups in total. The van der Waals surface area contributed by atoms with E-state index in [0.717, 1.165) is 5.56 Å². The highest BCUT2D eigenvalue weighted by Gasteiger charge is 2.07. The summed E-state index contributed by atoms with van der Waals surface area (Å²) in [6.45, 7) is 0. The fraction of sp³-hybridized carbons (Fsp3) is 0.125. The van der Waals surface area contributed by atoms with Crippen LogP contribution in [-0.2, 0) is 0 Å². The van der Waals surface area contributed by atoms with Gasteiger partial charge in [0.05, 0.1) is 15.4 Å². The van der Waals surface area contributed by atoms with Gasteiger partial charge in [0.1, 0.15) is 0 Å². The van der Waals surface area contributed by atoms with Gasteiger partial charge >= 0.3 is 0 Å². The topological polar surface area (TPSA) is 23.8 Å². The number of benzene rings is 1. The fourth-order valence-corrected chi connectivity index (χ4v) is 2.13. The molecule has 0 aliphatic carbocycles. The molecule has 0 radical (unpaired) electrons. The Bertz CT molecular complexity index is 330. The molecule has 1 nitrogen and oxygen atoms in total. The Kier molecular flexibility index (Phi) is 3.57. The maximum Gasteiger partial charge on any atom is 0.0992 e. The normalized spacial score (nSPS) is 9.92. The van der Waals surface area contributed by atoms with Gasteiger partial charge < -0.3 is 0 Å². The van der Waals surface area contributed by atoms with Crippen molar-refractivity contribution in [2.75, 3.05) is 0 Å². The second kappa shape index (κ2) is 4.27. The molecule has 0 unspecified atom stereocenters. The molecular weight excluding hydrogens is 305 g/mol. The van der Waals surface area contributed by atoms with Crippen LogP contribution in [0.2, 0.25) is 5.02 Å². The molecule has 0 spiro atoms. The maximum absolute atomic E-state index is 8.56. The van der Waals surface area contributed by atoms with Gasteiger partial charge in [-0.2, -0.15) is 5.26 Å². The second-order valence-corrected chi connectivity index (χ2v) is 5.62. The van der Waals surface area contributed by atoms with Crippen molar-refractivity contribution in [2.24, 2.45) is 0 Å². The molecule has 1 rings (SSSR count). The van der Waals surface area contributed by atoms with Crippen LogP contribution < -0.4 is 0 Å². The molecule has 0 saturated carbocycles. The molecule has 0 aliphatic rings. The number of nitriles is 1. The van der Waals surface area contributed by atoms with E-state index >= 15 is 0 Å². The van der Waals surface area contributed by atoms with Crippen LogP contribution in [0.15, 0.2) is 18.2 Å². The summed E-state index contributed by atoms with van der Waals surface area (Å²) in [4.78, 5) is 0. The Labute approximate surface area is 92.6 Å². The van der Waals surface area contributed by atoms with Crippen molar-refractivity contribution in [2.45, 2.75) is 3.74 Å². The first-order valence-electron chi connectivity index (χ1n) is 3.13. The van der Waals surface area contributed by atoms with Crippen LogP contribution in [0.1, 0.15) is 14.9 Å². The van der Waals surface area contributed by atoms with E-state index in [1.807, 2.05) is 12.1 Å².